The summed E-state index contributed by atoms with van der Waals surface area (Å²) in [5.74, 6) is -3.08. The Labute approximate surface area is 153 Å². The van der Waals surface area contributed by atoms with Crippen LogP contribution < -0.4 is 0 Å². The zero-order valence-corrected chi connectivity index (χ0v) is 15.7. The lowest BCUT2D eigenvalue weighted by molar-refractivity contribution is -0.152. The molecule has 0 amide bonds. The number of rotatable bonds is 9. The van der Waals surface area contributed by atoms with Crippen molar-refractivity contribution in [2.24, 2.45) is 17.8 Å². The summed E-state index contributed by atoms with van der Waals surface area (Å²) in [4.78, 5) is 23.4. The van der Waals surface area contributed by atoms with Gasteiger partial charge in [-0.25, -0.2) is 8.78 Å². The number of hydrogen-bond acceptors (Lipinski definition) is 4. The van der Waals surface area contributed by atoms with Gasteiger partial charge in [-0.2, -0.15) is 0 Å². The molecule has 6 heteroatoms. The number of carbonyl (C=O) groups is 2. The average Bonchev–Trinajstić information content (AvgIpc) is 2.55. The van der Waals surface area contributed by atoms with Gasteiger partial charge in [0.2, 0.25) is 0 Å². The number of benzene rings is 1. The second-order valence-electron chi connectivity index (χ2n) is 6.87. The molecule has 1 aromatic rings. The van der Waals surface area contributed by atoms with Gasteiger partial charge in [0.25, 0.3) is 0 Å². The zero-order chi connectivity index (χ0) is 19.9. The summed E-state index contributed by atoms with van der Waals surface area (Å²) in [5, 5.41) is 0. The Hall–Kier alpha value is -2.24. The first kappa shape index (κ1) is 21.8. The third-order valence-corrected chi connectivity index (χ3v) is 3.71. The Kier molecular flexibility index (Phi) is 8.42. The van der Waals surface area contributed by atoms with Gasteiger partial charge in [-0.3, -0.25) is 9.59 Å². The summed E-state index contributed by atoms with van der Waals surface area (Å²) >= 11 is 0. The van der Waals surface area contributed by atoms with Crippen molar-refractivity contribution in [3.63, 3.8) is 0 Å². The molecule has 0 aromatic heterocycles. The fourth-order valence-corrected chi connectivity index (χ4v) is 2.13. The van der Waals surface area contributed by atoms with E-state index < -0.39 is 11.6 Å². The average molecular weight is 368 g/mol. The van der Waals surface area contributed by atoms with Crippen molar-refractivity contribution in [1.82, 2.24) is 0 Å². The first-order valence-electron chi connectivity index (χ1n) is 8.58. The van der Waals surface area contributed by atoms with Crippen LogP contribution in [0.4, 0.5) is 8.78 Å². The molecular weight excluding hydrogens is 342 g/mol. The normalized spacial score (nSPS) is 11.1. The summed E-state index contributed by atoms with van der Waals surface area (Å²) in [7, 11) is 0. The topological polar surface area (TPSA) is 52.6 Å². The Bertz CT molecular complexity index is 629. The molecule has 1 rings (SSSR count). The van der Waals surface area contributed by atoms with Crippen LogP contribution in [0.1, 0.15) is 39.7 Å². The second kappa shape index (κ2) is 10.0. The molecular formula is C20H26F2O4. The molecule has 144 valence electrons. The summed E-state index contributed by atoms with van der Waals surface area (Å²) in [6.07, 6.45) is 0.235. The summed E-state index contributed by atoms with van der Waals surface area (Å²) in [6.45, 7) is 10.7. The maximum Gasteiger partial charge on any atom is 0.308 e. The minimum Gasteiger partial charge on any atom is -0.465 e. The van der Waals surface area contributed by atoms with Crippen LogP contribution in [0.25, 0.3) is 5.57 Å². The van der Waals surface area contributed by atoms with E-state index >= 15 is 0 Å². The van der Waals surface area contributed by atoms with Crippen LogP contribution in [0.3, 0.4) is 0 Å². The van der Waals surface area contributed by atoms with E-state index in [1.54, 1.807) is 27.7 Å². The van der Waals surface area contributed by atoms with Gasteiger partial charge in [0, 0.05) is 17.5 Å². The fourth-order valence-electron chi connectivity index (χ4n) is 2.13. The Balaban J connectivity index is 2.80. The zero-order valence-electron chi connectivity index (χ0n) is 15.7. The number of esters is 2. The minimum atomic E-state index is -0.716. The van der Waals surface area contributed by atoms with E-state index in [-0.39, 0.29) is 54.9 Å². The highest BCUT2D eigenvalue weighted by atomic mass is 19.1. The molecule has 4 nitrogen and oxygen atoms in total. The lowest BCUT2D eigenvalue weighted by Gasteiger charge is -2.20. The van der Waals surface area contributed by atoms with Crippen LogP contribution in [0.2, 0.25) is 0 Å². The van der Waals surface area contributed by atoms with E-state index in [1.165, 1.54) is 6.07 Å². The molecule has 0 radical (unpaired) electrons. The van der Waals surface area contributed by atoms with E-state index in [2.05, 4.69) is 6.58 Å². The van der Waals surface area contributed by atoms with Crippen LogP contribution in [-0.2, 0) is 19.1 Å². The van der Waals surface area contributed by atoms with Crippen LogP contribution >= 0.6 is 0 Å². The molecule has 0 atom stereocenters. The molecule has 0 bridgehead atoms. The number of allylic oxidation sites excluding steroid dienone is 1. The Morgan fingerprint density at radius 3 is 1.92 bits per heavy atom. The van der Waals surface area contributed by atoms with Gasteiger partial charge in [-0.05, 0) is 24.1 Å². The highest BCUT2D eigenvalue weighted by Crippen LogP contribution is 2.25. The number of carbonyl (C=O) groups excluding carboxylic acids is 2. The van der Waals surface area contributed by atoms with Crippen LogP contribution in [0, 0.1) is 29.4 Å². The second-order valence-corrected chi connectivity index (χ2v) is 6.87. The van der Waals surface area contributed by atoms with Crippen LogP contribution in [0.15, 0.2) is 24.8 Å². The van der Waals surface area contributed by atoms with E-state index in [1.807, 2.05) is 0 Å². The smallest absolute Gasteiger partial charge is 0.308 e. The summed E-state index contributed by atoms with van der Waals surface area (Å²) in [5.41, 5.74) is 0.593. The van der Waals surface area contributed by atoms with Crippen molar-refractivity contribution in [2.45, 2.75) is 34.1 Å². The van der Waals surface area contributed by atoms with Crippen molar-refractivity contribution in [2.75, 3.05) is 13.2 Å². The van der Waals surface area contributed by atoms with Gasteiger partial charge in [-0.15, -0.1) is 0 Å². The van der Waals surface area contributed by atoms with E-state index in [4.69, 9.17) is 9.47 Å². The molecule has 26 heavy (non-hydrogen) atoms. The quantitative estimate of drug-likeness (QED) is 0.607. The first-order valence-corrected chi connectivity index (χ1v) is 8.58. The molecule has 0 N–H and O–H groups in total. The Morgan fingerprint density at radius 2 is 1.50 bits per heavy atom. The summed E-state index contributed by atoms with van der Waals surface area (Å²) < 4.78 is 37.4. The van der Waals surface area contributed by atoms with Crippen molar-refractivity contribution in [1.29, 1.82) is 0 Å². The lowest BCUT2D eigenvalue weighted by atomic mass is 9.96. The van der Waals surface area contributed by atoms with Crippen molar-refractivity contribution in [3.8, 4) is 0 Å². The van der Waals surface area contributed by atoms with Gasteiger partial charge in [0.1, 0.15) is 11.6 Å². The predicted molar refractivity (Wildman–Crippen MR) is 95.1 cm³/mol. The molecule has 1 aromatic carbocycles. The Morgan fingerprint density at radius 1 is 1.00 bits per heavy atom. The van der Waals surface area contributed by atoms with Crippen molar-refractivity contribution < 1.29 is 27.8 Å². The molecule has 0 saturated heterocycles. The van der Waals surface area contributed by atoms with Gasteiger partial charge in [-0.1, -0.05) is 34.3 Å². The molecule has 0 saturated carbocycles. The highest BCUT2D eigenvalue weighted by molar-refractivity contribution is 5.72. The molecule has 0 aliphatic rings. The largest absolute Gasteiger partial charge is 0.465 e. The van der Waals surface area contributed by atoms with E-state index in [0.29, 0.717) is 5.57 Å². The number of halogens is 2. The van der Waals surface area contributed by atoms with Crippen LogP contribution in [-0.4, -0.2) is 25.2 Å². The number of hydrogen-bond donors (Lipinski definition) is 0. The molecule has 0 heterocycles. The minimum absolute atomic E-state index is 0.0181. The third-order valence-electron chi connectivity index (χ3n) is 3.71. The molecule has 0 spiro atoms. The highest BCUT2D eigenvalue weighted by Gasteiger charge is 2.20. The predicted octanol–water partition coefficient (Wildman–Crippen LogP) is 4.38. The lowest BCUT2D eigenvalue weighted by Crippen LogP contribution is -2.24. The third kappa shape index (κ3) is 6.94. The van der Waals surface area contributed by atoms with Crippen molar-refractivity contribution >= 4 is 17.5 Å². The van der Waals surface area contributed by atoms with E-state index in [9.17, 15) is 18.4 Å². The van der Waals surface area contributed by atoms with Gasteiger partial charge in [0.05, 0.1) is 25.0 Å². The molecule has 0 aliphatic carbocycles. The molecule has 0 aliphatic heterocycles. The molecule has 0 unspecified atom stereocenters. The maximum absolute atomic E-state index is 13.9. The number of ether oxygens (including phenoxy) is 2. The van der Waals surface area contributed by atoms with Gasteiger partial charge in [0.15, 0.2) is 0 Å². The first-order chi connectivity index (χ1) is 12.1. The van der Waals surface area contributed by atoms with Crippen molar-refractivity contribution in [3.05, 3.63) is 42.0 Å². The van der Waals surface area contributed by atoms with E-state index in [0.717, 1.165) is 12.1 Å². The van der Waals surface area contributed by atoms with Gasteiger partial charge < -0.3 is 9.47 Å². The fraction of sp³-hybridized carbons (Fsp3) is 0.500. The standard InChI is InChI=1S/C20H26F2O4/c1-12(2)19(23)25-10-15(11-26-20(24)13(3)4)8-14(5)17-7-6-16(21)9-18(17)22/h6-7,9,12-13,15H,5,8,10-11H2,1-4H3. The SMILES string of the molecule is C=C(CC(COC(=O)C(C)C)COC(=O)C(C)C)c1ccc(F)cc1F. The summed E-state index contributed by atoms with van der Waals surface area (Å²) in [6, 6.07) is 3.24. The van der Waals surface area contributed by atoms with Gasteiger partial charge >= 0.3 is 11.9 Å². The molecule has 0 fully saturated rings. The monoisotopic (exact) mass is 368 g/mol. The van der Waals surface area contributed by atoms with Crippen LogP contribution in [0.5, 0.6) is 0 Å². The maximum atomic E-state index is 13.9.